The molecule has 1 saturated heterocycles. The Labute approximate surface area is 210 Å². The molecule has 1 heterocycles. The molecule has 0 spiro atoms. The molecule has 5 heteroatoms. The first-order valence-electron chi connectivity index (χ1n) is 13.1. The lowest BCUT2D eigenvalue weighted by atomic mass is 9.87. The highest BCUT2D eigenvalue weighted by Crippen LogP contribution is 2.33. The van der Waals surface area contributed by atoms with Gasteiger partial charge in [-0.05, 0) is 43.5 Å². The molecule has 1 aliphatic heterocycles. The van der Waals surface area contributed by atoms with Gasteiger partial charge in [0.2, 0.25) is 0 Å². The second kappa shape index (κ2) is 15.1. The highest BCUT2D eigenvalue weighted by atomic mass is 35.5. The van der Waals surface area contributed by atoms with Crippen LogP contribution in [0.2, 0.25) is 5.02 Å². The zero-order chi connectivity index (χ0) is 24.0. The van der Waals surface area contributed by atoms with E-state index in [1.165, 1.54) is 50.5 Å². The molecule has 0 amide bonds. The van der Waals surface area contributed by atoms with E-state index < -0.39 is 0 Å². The lowest BCUT2D eigenvalue weighted by molar-refractivity contribution is -0.134. The predicted molar refractivity (Wildman–Crippen MR) is 140 cm³/mol. The number of ether oxygens (including phenoxy) is 2. The van der Waals surface area contributed by atoms with Gasteiger partial charge in [-0.2, -0.15) is 0 Å². The van der Waals surface area contributed by atoms with Crippen LogP contribution >= 0.6 is 11.6 Å². The first-order chi connectivity index (χ1) is 16.7. The number of halogens is 1. The average molecular weight is 486 g/mol. The van der Waals surface area contributed by atoms with E-state index in [2.05, 4.69) is 36.5 Å². The topological polar surface area (TPSA) is 47.6 Å². The number of nitrogens with one attached hydrogen (secondary N) is 1. The summed E-state index contributed by atoms with van der Waals surface area (Å²) >= 11 is 6.21. The second-order valence-electron chi connectivity index (χ2n) is 9.32. The van der Waals surface area contributed by atoms with E-state index in [0.29, 0.717) is 35.6 Å². The Morgan fingerprint density at radius 1 is 1.00 bits per heavy atom. The van der Waals surface area contributed by atoms with E-state index in [9.17, 15) is 4.79 Å². The highest BCUT2D eigenvalue weighted by Gasteiger charge is 2.26. The van der Waals surface area contributed by atoms with Crippen LogP contribution in [0.25, 0.3) is 0 Å². The van der Waals surface area contributed by atoms with Crippen molar-refractivity contribution in [2.24, 2.45) is 0 Å². The average Bonchev–Trinajstić information content (AvgIpc) is 2.86. The van der Waals surface area contributed by atoms with Gasteiger partial charge in [-0.25, -0.2) is 0 Å². The van der Waals surface area contributed by atoms with Gasteiger partial charge in [0.1, 0.15) is 0 Å². The minimum atomic E-state index is -0.228. The Morgan fingerprint density at radius 2 is 1.76 bits per heavy atom. The number of hydrogen-bond donors (Lipinski definition) is 1. The van der Waals surface area contributed by atoms with E-state index >= 15 is 0 Å². The quantitative estimate of drug-likeness (QED) is 0.169. The zero-order valence-electron chi connectivity index (χ0n) is 20.6. The van der Waals surface area contributed by atoms with Crippen molar-refractivity contribution >= 4 is 17.6 Å². The SMILES string of the molecule is CCCCCCCCCC(=O)Oc1cc(Cl)ccc1OCC(c1ccccc1)C1CCCCN1. The highest BCUT2D eigenvalue weighted by molar-refractivity contribution is 6.30. The van der Waals surface area contributed by atoms with Gasteiger partial charge in [0, 0.05) is 29.5 Å². The van der Waals surface area contributed by atoms with Crippen molar-refractivity contribution in [1.82, 2.24) is 5.32 Å². The minimum absolute atomic E-state index is 0.216. The molecule has 0 bridgehead atoms. The Morgan fingerprint density at radius 3 is 2.50 bits per heavy atom. The number of hydrogen-bond acceptors (Lipinski definition) is 4. The van der Waals surface area contributed by atoms with Crippen molar-refractivity contribution in [2.45, 2.75) is 89.5 Å². The van der Waals surface area contributed by atoms with Crippen LogP contribution in [0.1, 0.15) is 89.0 Å². The molecule has 3 rings (SSSR count). The van der Waals surface area contributed by atoms with E-state index in [0.717, 1.165) is 25.8 Å². The molecule has 0 saturated carbocycles. The molecule has 1 fully saturated rings. The van der Waals surface area contributed by atoms with Gasteiger partial charge in [0.25, 0.3) is 0 Å². The lowest BCUT2D eigenvalue weighted by Gasteiger charge is -2.32. The summed E-state index contributed by atoms with van der Waals surface area (Å²) in [5.41, 5.74) is 1.26. The molecule has 2 aromatic carbocycles. The monoisotopic (exact) mass is 485 g/mol. The van der Waals surface area contributed by atoms with Crippen LogP contribution in [0.15, 0.2) is 48.5 Å². The van der Waals surface area contributed by atoms with Crippen molar-refractivity contribution in [3.8, 4) is 11.5 Å². The van der Waals surface area contributed by atoms with Gasteiger partial charge < -0.3 is 14.8 Å². The third-order valence-corrected chi connectivity index (χ3v) is 6.83. The molecule has 2 atom stereocenters. The maximum absolute atomic E-state index is 12.5. The molecule has 2 aromatic rings. The van der Waals surface area contributed by atoms with Gasteiger partial charge >= 0.3 is 5.97 Å². The second-order valence-corrected chi connectivity index (χ2v) is 9.76. The van der Waals surface area contributed by atoms with Gasteiger partial charge in [-0.3, -0.25) is 4.79 Å². The fourth-order valence-corrected chi connectivity index (χ4v) is 4.79. The van der Waals surface area contributed by atoms with Crippen LogP contribution in [0.4, 0.5) is 0 Å². The van der Waals surface area contributed by atoms with Crippen LogP contribution in [-0.2, 0) is 4.79 Å². The van der Waals surface area contributed by atoms with E-state index in [1.54, 1.807) is 18.2 Å². The zero-order valence-corrected chi connectivity index (χ0v) is 21.3. The van der Waals surface area contributed by atoms with Gasteiger partial charge in [0.05, 0.1) is 6.61 Å². The number of rotatable bonds is 14. The summed E-state index contributed by atoms with van der Waals surface area (Å²) < 4.78 is 12.0. The van der Waals surface area contributed by atoms with Crippen LogP contribution in [0.5, 0.6) is 11.5 Å². The first-order valence-corrected chi connectivity index (χ1v) is 13.5. The maximum atomic E-state index is 12.5. The van der Waals surface area contributed by atoms with Crippen molar-refractivity contribution in [3.63, 3.8) is 0 Å². The van der Waals surface area contributed by atoms with Gasteiger partial charge in [-0.15, -0.1) is 0 Å². The predicted octanol–water partition coefficient (Wildman–Crippen LogP) is 7.69. The molecule has 186 valence electrons. The Kier molecular flexibility index (Phi) is 11.8. The van der Waals surface area contributed by atoms with Crippen molar-refractivity contribution in [2.75, 3.05) is 13.2 Å². The summed E-state index contributed by atoms with van der Waals surface area (Å²) in [6.45, 7) is 3.76. The summed E-state index contributed by atoms with van der Waals surface area (Å²) in [5, 5.41) is 4.20. The molecule has 2 unspecified atom stereocenters. The number of unbranched alkanes of at least 4 members (excludes halogenated alkanes) is 6. The smallest absolute Gasteiger partial charge is 0.311 e. The molecule has 4 nitrogen and oxygen atoms in total. The number of carbonyl (C=O) groups is 1. The molecule has 0 aliphatic carbocycles. The van der Waals surface area contributed by atoms with E-state index in [1.807, 2.05) is 6.07 Å². The fraction of sp³-hybridized carbons (Fsp3) is 0.552. The van der Waals surface area contributed by atoms with Crippen molar-refractivity contribution < 1.29 is 14.3 Å². The number of carbonyl (C=O) groups excluding carboxylic acids is 1. The lowest BCUT2D eigenvalue weighted by Crippen LogP contribution is -2.41. The fourth-order valence-electron chi connectivity index (χ4n) is 4.63. The molecule has 0 radical (unpaired) electrons. The Bertz CT molecular complexity index is 852. The Hall–Kier alpha value is -2.04. The van der Waals surface area contributed by atoms with Crippen LogP contribution in [0.3, 0.4) is 0 Å². The summed E-state index contributed by atoms with van der Waals surface area (Å²) in [6, 6.07) is 16.1. The molecule has 1 N–H and O–H groups in total. The van der Waals surface area contributed by atoms with E-state index in [4.69, 9.17) is 21.1 Å². The van der Waals surface area contributed by atoms with Gasteiger partial charge in [0.15, 0.2) is 11.5 Å². The van der Waals surface area contributed by atoms with Crippen molar-refractivity contribution in [3.05, 3.63) is 59.1 Å². The third-order valence-electron chi connectivity index (χ3n) is 6.59. The molecule has 1 aliphatic rings. The van der Waals surface area contributed by atoms with Crippen molar-refractivity contribution in [1.29, 1.82) is 0 Å². The van der Waals surface area contributed by atoms with Crippen LogP contribution in [-0.4, -0.2) is 25.2 Å². The molecule has 34 heavy (non-hydrogen) atoms. The van der Waals surface area contributed by atoms with Gasteiger partial charge in [-0.1, -0.05) is 93.8 Å². The minimum Gasteiger partial charge on any atom is -0.489 e. The summed E-state index contributed by atoms with van der Waals surface area (Å²) in [6.07, 6.45) is 12.1. The number of esters is 1. The first kappa shape index (κ1) is 26.6. The largest absolute Gasteiger partial charge is 0.489 e. The molecular weight excluding hydrogens is 446 g/mol. The van der Waals surface area contributed by atoms with Crippen LogP contribution in [0, 0.1) is 0 Å². The van der Waals surface area contributed by atoms with E-state index in [-0.39, 0.29) is 11.9 Å². The molecule has 0 aromatic heterocycles. The standard InChI is InChI=1S/C29H40ClNO3/c1-2-3-4-5-6-7-11-17-29(32)34-28-21-24(30)18-19-27(28)33-22-25(23-14-9-8-10-15-23)26-16-12-13-20-31-26/h8-10,14-15,18-19,21,25-26,31H,2-7,11-13,16-17,20,22H2,1H3. The molecular formula is C29H40ClNO3. The Balaban J connectivity index is 1.57. The normalized spacial score (nSPS) is 16.7. The summed E-state index contributed by atoms with van der Waals surface area (Å²) in [7, 11) is 0. The summed E-state index contributed by atoms with van der Waals surface area (Å²) in [5.74, 6) is 0.959. The maximum Gasteiger partial charge on any atom is 0.311 e. The number of piperidine rings is 1. The summed E-state index contributed by atoms with van der Waals surface area (Å²) in [4.78, 5) is 12.5. The number of benzene rings is 2. The third kappa shape index (κ3) is 8.96. The van der Waals surface area contributed by atoms with Crippen LogP contribution < -0.4 is 14.8 Å².